The molecule has 1 saturated heterocycles. The molecule has 2 unspecified atom stereocenters. The van der Waals surface area contributed by atoms with E-state index in [0.29, 0.717) is 11.3 Å². The van der Waals surface area contributed by atoms with Crippen molar-refractivity contribution in [2.24, 2.45) is 0 Å². The number of ether oxygens (including phenoxy) is 2. The number of hydrogen-bond acceptors (Lipinski definition) is 5. The number of methoxy groups -OCH3 is 1. The van der Waals surface area contributed by atoms with E-state index in [1.54, 1.807) is 36.4 Å². The van der Waals surface area contributed by atoms with Crippen LogP contribution in [0.5, 0.6) is 0 Å². The molecule has 0 radical (unpaired) electrons. The molecule has 1 heterocycles. The van der Waals surface area contributed by atoms with E-state index in [0.717, 1.165) is 5.56 Å². The zero-order chi connectivity index (χ0) is 17.8. The van der Waals surface area contributed by atoms with E-state index in [1.165, 1.54) is 7.11 Å². The summed E-state index contributed by atoms with van der Waals surface area (Å²) < 4.78 is 9.83. The lowest BCUT2D eigenvalue weighted by Crippen LogP contribution is -2.40. The lowest BCUT2D eigenvalue weighted by Gasteiger charge is -2.17. The number of esters is 1. The van der Waals surface area contributed by atoms with Crippen LogP contribution in [0.25, 0.3) is 0 Å². The summed E-state index contributed by atoms with van der Waals surface area (Å²) >= 11 is 0. The van der Waals surface area contributed by atoms with Gasteiger partial charge in [0.25, 0.3) is 5.91 Å². The van der Waals surface area contributed by atoms with Gasteiger partial charge in [0.05, 0.1) is 12.7 Å². The number of rotatable bonds is 4. The molecule has 0 spiro atoms. The summed E-state index contributed by atoms with van der Waals surface area (Å²) in [5.41, 5.74) is 1.59. The summed E-state index contributed by atoms with van der Waals surface area (Å²) in [6.07, 6.45) is -1.35. The van der Waals surface area contributed by atoms with Gasteiger partial charge < -0.3 is 20.1 Å². The molecule has 7 nitrogen and oxygen atoms in total. The van der Waals surface area contributed by atoms with E-state index in [4.69, 9.17) is 4.74 Å². The fourth-order valence-electron chi connectivity index (χ4n) is 2.55. The Bertz CT molecular complexity index is 789. The Morgan fingerprint density at radius 2 is 1.76 bits per heavy atom. The van der Waals surface area contributed by atoms with Crippen LogP contribution < -0.4 is 10.6 Å². The van der Waals surface area contributed by atoms with Crippen molar-refractivity contribution < 1.29 is 23.9 Å². The molecule has 1 aliphatic heterocycles. The number of nitrogens with one attached hydrogen (secondary N) is 2. The molecule has 7 heteroatoms. The first-order valence-electron chi connectivity index (χ1n) is 7.60. The summed E-state index contributed by atoms with van der Waals surface area (Å²) in [5, 5.41) is 5.22. The van der Waals surface area contributed by atoms with Crippen molar-refractivity contribution in [1.82, 2.24) is 5.32 Å². The van der Waals surface area contributed by atoms with Crippen LogP contribution in [0, 0.1) is 0 Å². The topological polar surface area (TPSA) is 93.7 Å². The van der Waals surface area contributed by atoms with Crippen LogP contribution >= 0.6 is 0 Å². The Morgan fingerprint density at radius 3 is 2.40 bits per heavy atom. The number of hydrogen-bond donors (Lipinski definition) is 2. The minimum atomic E-state index is -0.852. The smallest absolute Gasteiger partial charge is 0.408 e. The average molecular weight is 340 g/mol. The van der Waals surface area contributed by atoms with Crippen molar-refractivity contribution in [3.05, 3.63) is 65.7 Å². The monoisotopic (exact) mass is 340 g/mol. The predicted molar refractivity (Wildman–Crippen MR) is 89.0 cm³/mol. The maximum absolute atomic E-state index is 12.5. The molecular weight excluding hydrogens is 324 g/mol. The highest BCUT2D eigenvalue weighted by Gasteiger charge is 2.40. The van der Waals surface area contributed by atoms with Crippen LogP contribution in [-0.4, -0.2) is 31.1 Å². The highest BCUT2D eigenvalue weighted by atomic mass is 16.6. The van der Waals surface area contributed by atoms with Crippen LogP contribution in [0.3, 0.4) is 0 Å². The third-order valence-electron chi connectivity index (χ3n) is 3.79. The number of alkyl carbamates (subject to hydrolysis) is 1. The normalized spacial score (nSPS) is 18.8. The van der Waals surface area contributed by atoms with Gasteiger partial charge in [0.1, 0.15) is 0 Å². The zero-order valence-corrected chi connectivity index (χ0v) is 13.4. The average Bonchev–Trinajstić information content (AvgIpc) is 3.04. The van der Waals surface area contributed by atoms with Crippen LogP contribution in [0.1, 0.15) is 22.0 Å². The number of carbonyl (C=O) groups is 3. The summed E-state index contributed by atoms with van der Waals surface area (Å²) in [5.74, 6) is -0.871. The number of cyclic esters (lactones) is 1. The fraction of sp³-hybridized carbons (Fsp3) is 0.167. The highest BCUT2D eigenvalue weighted by molar-refractivity contribution is 5.99. The number of carbonyl (C=O) groups excluding carboxylic acids is 3. The van der Waals surface area contributed by atoms with Crippen molar-refractivity contribution in [3.63, 3.8) is 0 Å². The van der Waals surface area contributed by atoms with Gasteiger partial charge in [0, 0.05) is 5.69 Å². The molecule has 1 aliphatic rings. The zero-order valence-electron chi connectivity index (χ0n) is 13.4. The van der Waals surface area contributed by atoms with Crippen molar-refractivity contribution >= 4 is 23.7 Å². The molecule has 2 aromatic rings. The minimum absolute atomic E-state index is 0.375. The van der Waals surface area contributed by atoms with Crippen LogP contribution in [0.4, 0.5) is 10.5 Å². The maximum atomic E-state index is 12.5. The summed E-state index contributed by atoms with van der Waals surface area (Å²) in [7, 11) is 1.30. The van der Waals surface area contributed by atoms with E-state index in [9.17, 15) is 14.4 Å². The molecule has 3 rings (SSSR count). The second-order valence-corrected chi connectivity index (χ2v) is 5.42. The first-order chi connectivity index (χ1) is 12.1. The SMILES string of the molecule is COC(=O)c1ccc(NC(=O)C2NC(=O)OC2c2ccccc2)cc1. The van der Waals surface area contributed by atoms with Gasteiger partial charge in [-0.25, -0.2) is 9.59 Å². The highest BCUT2D eigenvalue weighted by Crippen LogP contribution is 2.27. The molecule has 128 valence electrons. The van der Waals surface area contributed by atoms with E-state index < -0.39 is 30.1 Å². The second kappa shape index (κ2) is 7.04. The number of benzene rings is 2. The molecule has 2 N–H and O–H groups in total. The van der Waals surface area contributed by atoms with Gasteiger partial charge >= 0.3 is 12.1 Å². The fourth-order valence-corrected chi connectivity index (χ4v) is 2.55. The number of amides is 2. The summed E-state index contributed by atoms with van der Waals surface area (Å²) in [6.45, 7) is 0. The van der Waals surface area contributed by atoms with Gasteiger partial charge in [-0.05, 0) is 29.8 Å². The maximum Gasteiger partial charge on any atom is 0.408 e. The van der Waals surface area contributed by atoms with Crippen LogP contribution in [0.2, 0.25) is 0 Å². The Hall–Kier alpha value is -3.35. The van der Waals surface area contributed by atoms with E-state index in [-0.39, 0.29) is 0 Å². The van der Waals surface area contributed by atoms with Gasteiger partial charge in [-0.3, -0.25) is 4.79 Å². The van der Waals surface area contributed by atoms with E-state index >= 15 is 0 Å². The van der Waals surface area contributed by atoms with Crippen LogP contribution in [0.15, 0.2) is 54.6 Å². The predicted octanol–water partition coefficient (Wildman–Crippen LogP) is 2.26. The van der Waals surface area contributed by atoms with Gasteiger partial charge in [-0.15, -0.1) is 0 Å². The van der Waals surface area contributed by atoms with E-state index in [1.807, 2.05) is 18.2 Å². The van der Waals surface area contributed by atoms with Crippen molar-refractivity contribution in [2.75, 3.05) is 12.4 Å². The third kappa shape index (κ3) is 3.60. The van der Waals surface area contributed by atoms with Crippen molar-refractivity contribution in [1.29, 1.82) is 0 Å². The third-order valence-corrected chi connectivity index (χ3v) is 3.79. The molecular formula is C18H16N2O5. The lowest BCUT2D eigenvalue weighted by molar-refractivity contribution is -0.119. The van der Waals surface area contributed by atoms with Gasteiger partial charge in [0.15, 0.2) is 12.1 Å². The molecule has 0 saturated carbocycles. The van der Waals surface area contributed by atoms with E-state index in [2.05, 4.69) is 15.4 Å². The summed E-state index contributed by atoms with van der Waals surface area (Å²) in [6, 6.07) is 14.4. The Kier molecular flexibility index (Phi) is 4.65. The number of anilines is 1. The first kappa shape index (κ1) is 16.5. The molecule has 2 amide bonds. The minimum Gasteiger partial charge on any atom is -0.465 e. The Balaban J connectivity index is 1.73. The van der Waals surface area contributed by atoms with Gasteiger partial charge in [-0.2, -0.15) is 0 Å². The quantitative estimate of drug-likeness (QED) is 0.833. The first-order valence-corrected chi connectivity index (χ1v) is 7.60. The largest absolute Gasteiger partial charge is 0.465 e. The molecule has 2 aromatic carbocycles. The molecule has 1 fully saturated rings. The Labute approximate surface area is 143 Å². The van der Waals surface area contributed by atoms with Crippen molar-refractivity contribution in [2.45, 2.75) is 12.1 Å². The van der Waals surface area contributed by atoms with Gasteiger partial charge in [-0.1, -0.05) is 30.3 Å². The molecule has 25 heavy (non-hydrogen) atoms. The van der Waals surface area contributed by atoms with Crippen LogP contribution in [-0.2, 0) is 14.3 Å². The molecule has 0 aliphatic carbocycles. The summed E-state index contributed by atoms with van der Waals surface area (Å²) in [4.78, 5) is 35.5. The molecule has 0 aromatic heterocycles. The molecule has 2 atom stereocenters. The Morgan fingerprint density at radius 1 is 1.08 bits per heavy atom. The second-order valence-electron chi connectivity index (χ2n) is 5.42. The standard InChI is InChI=1S/C18H16N2O5/c1-24-17(22)12-7-9-13(10-8-12)19-16(21)14-15(25-18(23)20-14)11-5-3-2-4-6-11/h2-10,14-15H,1H3,(H,19,21)(H,20,23). The molecule has 0 bridgehead atoms. The van der Waals surface area contributed by atoms with Gasteiger partial charge in [0.2, 0.25) is 0 Å². The lowest BCUT2D eigenvalue weighted by atomic mass is 10.0. The van der Waals surface area contributed by atoms with Crippen molar-refractivity contribution in [3.8, 4) is 0 Å².